The van der Waals surface area contributed by atoms with Gasteiger partial charge in [-0.05, 0) is 63.4 Å². The standard InChI is InChI=1S/C14H21BrN2/c1-10(2)17-13(4-3-7-16)9-11-8-12(15)5-6-14(11)17/h5-6,8,10,13H,3-4,7,9,16H2,1-2H3. The van der Waals surface area contributed by atoms with Crippen LogP contribution in [0.4, 0.5) is 5.69 Å². The van der Waals surface area contributed by atoms with Gasteiger partial charge in [-0.3, -0.25) is 0 Å². The highest BCUT2D eigenvalue weighted by atomic mass is 79.9. The van der Waals surface area contributed by atoms with E-state index in [4.69, 9.17) is 5.73 Å². The van der Waals surface area contributed by atoms with Crippen molar-refractivity contribution in [3.63, 3.8) is 0 Å². The van der Waals surface area contributed by atoms with Crippen molar-refractivity contribution in [1.82, 2.24) is 0 Å². The van der Waals surface area contributed by atoms with Crippen LogP contribution < -0.4 is 10.6 Å². The highest BCUT2D eigenvalue weighted by molar-refractivity contribution is 9.10. The van der Waals surface area contributed by atoms with E-state index in [1.165, 1.54) is 22.1 Å². The van der Waals surface area contributed by atoms with Crippen molar-refractivity contribution in [3.05, 3.63) is 28.2 Å². The maximum Gasteiger partial charge on any atom is 0.0405 e. The van der Waals surface area contributed by atoms with E-state index in [-0.39, 0.29) is 0 Å². The smallest absolute Gasteiger partial charge is 0.0405 e. The molecule has 94 valence electrons. The largest absolute Gasteiger partial charge is 0.366 e. The molecule has 0 bridgehead atoms. The van der Waals surface area contributed by atoms with Crippen LogP contribution in [0.15, 0.2) is 22.7 Å². The van der Waals surface area contributed by atoms with Crippen LogP contribution in [0.25, 0.3) is 0 Å². The molecule has 1 aliphatic heterocycles. The molecule has 2 N–H and O–H groups in total. The molecule has 3 heteroatoms. The normalized spacial score (nSPS) is 18.9. The summed E-state index contributed by atoms with van der Waals surface area (Å²) in [4.78, 5) is 2.55. The summed E-state index contributed by atoms with van der Waals surface area (Å²) in [6.07, 6.45) is 3.47. The Hall–Kier alpha value is -0.540. The van der Waals surface area contributed by atoms with Crippen LogP contribution >= 0.6 is 15.9 Å². The minimum atomic E-state index is 0.556. The molecule has 17 heavy (non-hydrogen) atoms. The third-order valence-corrected chi connectivity index (χ3v) is 3.96. The molecule has 0 aromatic heterocycles. The van der Waals surface area contributed by atoms with E-state index >= 15 is 0 Å². The van der Waals surface area contributed by atoms with Crippen LogP contribution in [0.5, 0.6) is 0 Å². The van der Waals surface area contributed by atoms with Gasteiger partial charge in [-0.15, -0.1) is 0 Å². The molecule has 1 atom stereocenters. The second-order valence-corrected chi connectivity index (χ2v) is 5.98. The van der Waals surface area contributed by atoms with Gasteiger partial charge in [0.15, 0.2) is 0 Å². The first-order valence-corrected chi connectivity index (χ1v) is 7.19. The summed E-state index contributed by atoms with van der Waals surface area (Å²) in [5.41, 5.74) is 8.51. The first-order chi connectivity index (χ1) is 8.13. The Morgan fingerprint density at radius 1 is 1.47 bits per heavy atom. The van der Waals surface area contributed by atoms with E-state index in [1.807, 2.05) is 0 Å². The lowest BCUT2D eigenvalue weighted by Crippen LogP contribution is -2.38. The zero-order valence-electron chi connectivity index (χ0n) is 10.6. The molecule has 0 spiro atoms. The number of hydrogen-bond acceptors (Lipinski definition) is 2. The fraction of sp³-hybridized carbons (Fsp3) is 0.571. The van der Waals surface area contributed by atoms with Gasteiger partial charge in [0.1, 0.15) is 0 Å². The molecule has 1 aliphatic rings. The van der Waals surface area contributed by atoms with E-state index < -0.39 is 0 Å². The summed E-state index contributed by atoms with van der Waals surface area (Å²) in [6.45, 7) is 5.33. The SMILES string of the molecule is CC(C)N1c2ccc(Br)cc2CC1CCCN. The Bertz CT molecular complexity index is 390. The molecule has 0 fully saturated rings. The Kier molecular flexibility index (Phi) is 4.10. The van der Waals surface area contributed by atoms with E-state index in [0.717, 1.165) is 19.4 Å². The molecule has 1 aromatic carbocycles. The van der Waals surface area contributed by atoms with Crippen molar-refractivity contribution in [2.75, 3.05) is 11.4 Å². The van der Waals surface area contributed by atoms with Crippen molar-refractivity contribution in [2.45, 2.75) is 45.2 Å². The van der Waals surface area contributed by atoms with Gasteiger partial charge < -0.3 is 10.6 Å². The Morgan fingerprint density at radius 2 is 2.24 bits per heavy atom. The zero-order valence-corrected chi connectivity index (χ0v) is 12.2. The average molecular weight is 297 g/mol. The lowest BCUT2D eigenvalue weighted by molar-refractivity contribution is 0.522. The molecular formula is C14H21BrN2. The van der Waals surface area contributed by atoms with Crippen LogP contribution in [0.1, 0.15) is 32.3 Å². The maximum atomic E-state index is 5.63. The Morgan fingerprint density at radius 3 is 2.88 bits per heavy atom. The lowest BCUT2D eigenvalue weighted by atomic mass is 10.1. The number of hydrogen-bond donors (Lipinski definition) is 1. The van der Waals surface area contributed by atoms with Crippen molar-refractivity contribution < 1.29 is 0 Å². The zero-order chi connectivity index (χ0) is 12.4. The fourth-order valence-corrected chi connectivity index (χ4v) is 3.22. The molecule has 0 amide bonds. The first-order valence-electron chi connectivity index (χ1n) is 6.40. The molecule has 0 saturated heterocycles. The highest BCUT2D eigenvalue weighted by Gasteiger charge is 2.30. The van der Waals surface area contributed by atoms with E-state index in [0.29, 0.717) is 12.1 Å². The predicted molar refractivity (Wildman–Crippen MR) is 77.5 cm³/mol. The quantitative estimate of drug-likeness (QED) is 0.923. The molecule has 0 aliphatic carbocycles. The molecule has 2 nitrogen and oxygen atoms in total. The van der Waals surface area contributed by atoms with Gasteiger partial charge in [0.05, 0.1) is 0 Å². The Balaban J connectivity index is 2.24. The number of anilines is 1. The summed E-state index contributed by atoms with van der Waals surface area (Å²) >= 11 is 3.56. The van der Waals surface area contributed by atoms with E-state index in [2.05, 4.69) is 52.9 Å². The van der Waals surface area contributed by atoms with Gasteiger partial charge in [-0.2, -0.15) is 0 Å². The van der Waals surface area contributed by atoms with Crippen molar-refractivity contribution in [2.24, 2.45) is 5.73 Å². The summed E-state index contributed by atoms with van der Waals surface area (Å²) < 4.78 is 1.18. The molecule has 1 unspecified atom stereocenters. The van der Waals surface area contributed by atoms with Gasteiger partial charge in [0.25, 0.3) is 0 Å². The van der Waals surface area contributed by atoms with E-state index in [9.17, 15) is 0 Å². The fourth-order valence-electron chi connectivity index (χ4n) is 2.81. The summed E-state index contributed by atoms with van der Waals surface area (Å²) in [5.74, 6) is 0. The average Bonchev–Trinajstić information content (AvgIpc) is 2.63. The number of fused-ring (bicyclic) bond motifs is 1. The number of rotatable bonds is 4. The van der Waals surface area contributed by atoms with Gasteiger partial charge in [-0.25, -0.2) is 0 Å². The first kappa shape index (κ1) is 12.9. The number of halogens is 1. The van der Waals surface area contributed by atoms with E-state index in [1.54, 1.807) is 0 Å². The minimum Gasteiger partial charge on any atom is -0.366 e. The summed E-state index contributed by atoms with van der Waals surface area (Å²) in [7, 11) is 0. The van der Waals surface area contributed by atoms with Crippen molar-refractivity contribution in [1.29, 1.82) is 0 Å². The molecular weight excluding hydrogens is 276 g/mol. The third-order valence-electron chi connectivity index (χ3n) is 3.47. The van der Waals surface area contributed by atoms with Crippen molar-refractivity contribution >= 4 is 21.6 Å². The number of nitrogens with two attached hydrogens (primary N) is 1. The summed E-state index contributed by atoms with van der Waals surface area (Å²) in [6, 6.07) is 7.82. The predicted octanol–water partition coefficient (Wildman–Crippen LogP) is 3.33. The van der Waals surface area contributed by atoms with Crippen LogP contribution in [-0.4, -0.2) is 18.6 Å². The Labute approximate surface area is 112 Å². The molecule has 2 rings (SSSR count). The van der Waals surface area contributed by atoms with Gasteiger partial charge in [0, 0.05) is 22.2 Å². The van der Waals surface area contributed by atoms with Gasteiger partial charge in [0.2, 0.25) is 0 Å². The van der Waals surface area contributed by atoms with Gasteiger partial charge in [-0.1, -0.05) is 15.9 Å². The van der Waals surface area contributed by atoms with Crippen LogP contribution in [0.3, 0.4) is 0 Å². The second-order valence-electron chi connectivity index (χ2n) is 5.06. The van der Waals surface area contributed by atoms with Crippen molar-refractivity contribution in [3.8, 4) is 0 Å². The molecule has 0 radical (unpaired) electrons. The minimum absolute atomic E-state index is 0.556. The van der Waals surface area contributed by atoms with Gasteiger partial charge >= 0.3 is 0 Å². The monoisotopic (exact) mass is 296 g/mol. The summed E-state index contributed by atoms with van der Waals surface area (Å²) in [5, 5.41) is 0. The highest BCUT2D eigenvalue weighted by Crippen LogP contribution is 2.37. The lowest BCUT2D eigenvalue weighted by Gasteiger charge is -2.31. The third kappa shape index (κ3) is 2.66. The number of nitrogens with zero attached hydrogens (tertiary/aromatic N) is 1. The topological polar surface area (TPSA) is 29.3 Å². The second kappa shape index (κ2) is 5.40. The number of benzene rings is 1. The molecule has 0 saturated carbocycles. The van der Waals surface area contributed by atoms with Crippen LogP contribution in [-0.2, 0) is 6.42 Å². The molecule has 1 heterocycles. The molecule has 1 aromatic rings. The van der Waals surface area contributed by atoms with Crippen LogP contribution in [0, 0.1) is 0 Å². The maximum absolute atomic E-state index is 5.63. The van der Waals surface area contributed by atoms with Crippen LogP contribution in [0.2, 0.25) is 0 Å².